The molecule has 0 radical (unpaired) electrons. The van der Waals surface area contributed by atoms with Crippen molar-refractivity contribution in [2.24, 2.45) is 7.05 Å². The minimum Gasteiger partial charge on any atom is -0.383 e. The molecule has 0 saturated carbocycles. The minimum atomic E-state index is 0.580. The zero-order valence-corrected chi connectivity index (χ0v) is 11.2. The molecule has 0 saturated heterocycles. The van der Waals surface area contributed by atoms with Gasteiger partial charge in [-0.2, -0.15) is 5.10 Å². The number of nitrogen functional groups attached to an aromatic ring is 1. The number of nitrogens with zero attached hydrogens (tertiary/aromatic N) is 2. The van der Waals surface area contributed by atoms with Crippen molar-refractivity contribution >= 4 is 29.0 Å². The van der Waals surface area contributed by atoms with Gasteiger partial charge in [0.05, 0.1) is 15.7 Å². The molecule has 2 N–H and O–H groups in total. The lowest BCUT2D eigenvalue weighted by molar-refractivity contribution is 0.755. The van der Waals surface area contributed by atoms with Crippen molar-refractivity contribution in [3.63, 3.8) is 0 Å². The molecule has 0 atom stereocenters. The smallest absolute Gasteiger partial charge is 0.129 e. The molecular weight excluding hydrogens is 257 g/mol. The van der Waals surface area contributed by atoms with Crippen LogP contribution in [0.3, 0.4) is 0 Å². The van der Waals surface area contributed by atoms with Gasteiger partial charge in [0.25, 0.3) is 0 Å². The van der Waals surface area contributed by atoms with Crippen molar-refractivity contribution in [3.8, 4) is 11.1 Å². The first-order valence-electron chi connectivity index (χ1n) is 5.32. The lowest BCUT2D eigenvalue weighted by atomic mass is 10.0. The highest BCUT2D eigenvalue weighted by atomic mass is 35.5. The monoisotopic (exact) mass is 269 g/mol. The van der Waals surface area contributed by atoms with Crippen LogP contribution in [0.5, 0.6) is 0 Å². The van der Waals surface area contributed by atoms with Crippen LogP contribution in [-0.4, -0.2) is 9.78 Å². The SMILES string of the molecule is CCc1nn(C)c(N)c1-c1c(Cl)cccc1Cl. The number of anilines is 1. The van der Waals surface area contributed by atoms with Gasteiger partial charge >= 0.3 is 0 Å². The molecule has 3 nitrogen and oxygen atoms in total. The van der Waals surface area contributed by atoms with E-state index < -0.39 is 0 Å². The number of hydrogen-bond donors (Lipinski definition) is 1. The molecule has 2 rings (SSSR count). The highest BCUT2D eigenvalue weighted by Gasteiger charge is 2.19. The molecular formula is C12H13Cl2N3. The fourth-order valence-corrected chi connectivity index (χ4v) is 2.44. The second-order valence-corrected chi connectivity index (χ2v) is 4.60. The van der Waals surface area contributed by atoms with Gasteiger partial charge in [-0.3, -0.25) is 4.68 Å². The molecule has 0 aliphatic carbocycles. The van der Waals surface area contributed by atoms with Crippen LogP contribution < -0.4 is 5.73 Å². The van der Waals surface area contributed by atoms with E-state index in [1.54, 1.807) is 16.8 Å². The van der Waals surface area contributed by atoms with Crippen LogP contribution in [0.15, 0.2) is 18.2 Å². The highest BCUT2D eigenvalue weighted by molar-refractivity contribution is 6.39. The lowest BCUT2D eigenvalue weighted by Crippen LogP contribution is -1.98. The molecule has 0 aliphatic heterocycles. The molecule has 0 aliphatic rings. The highest BCUT2D eigenvalue weighted by Crippen LogP contribution is 2.39. The molecule has 1 aromatic heterocycles. The van der Waals surface area contributed by atoms with Gasteiger partial charge in [0.1, 0.15) is 5.82 Å². The van der Waals surface area contributed by atoms with Crippen LogP contribution in [0.2, 0.25) is 10.0 Å². The fourth-order valence-electron chi connectivity index (χ4n) is 1.85. The summed E-state index contributed by atoms with van der Waals surface area (Å²) < 4.78 is 1.65. The van der Waals surface area contributed by atoms with Crippen LogP contribution >= 0.6 is 23.2 Å². The predicted molar refractivity (Wildman–Crippen MR) is 72.5 cm³/mol. The maximum atomic E-state index is 6.20. The van der Waals surface area contributed by atoms with E-state index in [1.807, 2.05) is 20.0 Å². The first-order chi connectivity index (χ1) is 8.06. The molecule has 0 bridgehead atoms. The van der Waals surface area contributed by atoms with Gasteiger partial charge in [-0.15, -0.1) is 0 Å². The molecule has 17 heavy (non-hydrogen) atoms. The molecule has 90 valence electrons. The summed E-state index contributed by atoms with van der Waals surface area (Å²) in [5.41, 5.74) is 8.54. The third kappa shape index (κ3) is 2.01. The van der Waals surface area contributed by atoms with Crippen LogP contribution in [0, 0.1) is 0 Å². The van der Waals surface area contributed by atoms with Gasteiger partial charge < -0.3 is 5.73 Å². The number of aryl methyl sites for hydroxylation is 2. The molecule has 0 fully saturated rings. The first kappa shape index (κ1) is 12.3. The van der Waals surface area contributed by atoms with Crippen LogP contribution in [0.25, 0.3) is 11.1 Å². The Kier molecular flexibility index (Phi) is 3.31. The zero-order chi connectivity index (χ0) is 12.6. The second kappa shape index (κ2) is 4.59. The fraction of sp³-hybridized carbons (Fsp3) is 0.250. The summed E-state index contributed by atoms with van der Waals surface area (Å²) in [6, 6.07) is 5.41. The van der Waals surface area contributed by atoms with Gasteiger partial charge in [-0.1, -0.05) is 36.2 Å². The number of benzene rings is 1. The Morgan fingerprint density at radius 1 is 1.24 bits per heavy atom. The van der Waals surface area contributed by atoms with Crippen molar-refractivity contribution in [1.29, 1.82) is 0 Å². The van der Waals surface area contributed by atoms with Crippen molar-refractivity contribution in [2.45, 2.75) is 13.3 Å². The van der Waals surface area contributed by atoms with E-state index in [9.17, 15) is 0 Å². The standard InChI is InChI=1S/C12H13Cl2N3/c1-3-9-11(12(15)17(2)16-9)10-7(13)5-4-6-8(10)14/h4-6H,3,15H2,1-2H3. The second-order valence-electron chi connectivity index (χ2n) is 3.78. The summed E-state index contributed by atoms with van der Waals surface area (Å²) in [6.07, 6.45) is 0.780. The lowest BCUT2D eigenvalue weighted by Gasteiger charge is -2.07. The van der Waals surface area contributed by atoms with Crippen molar-refractivity contribution in [2.75, 3.05) is 5.73 Å². The average molecular weight is 270 g/mol. The topological polar surface area (TPSA) is 43.8 Å². The Morgan fingerprint density at radius 3 is 2.35 bits per heavy atom. The largest absolute Gasteiger partial charge is 0.383 e. The van der Waals surface area contributed by atoms with Crippen LogP contribution in [0.4, 0.5) is 5.82 Å². The van der Waals surface area contributed by atoms with E-state index >= 15 is 0 Å². The Hall–Kier alpha value is -1.19. The predicted octanol–water partition coefficient (Wildman–Crippen LogP) is 3.54. The molecule has 1 aromatic carbocycles. The summed E-state index contributed by atoms with van der Waals surface area (Å²) in [5, 5.41) is 5.54. The van der Waals surface area contributed by atoms with Gasteiger partial charge in [0, 0.05) is 18.2 Å². The van der Waals surface area contributed by atoms with E-state index in [1.165, 1.54) is 0 Å². The van der Waals surface area contributed by atoms with Crippen molar-refractivity contribution in [3.05, 3.63) is 33.9 Å². The third-order valence-electron chi connectivity index (χ3n) is 2.71. The molecule has 0 spiro atoms. The van der Waals surface area contributed by atoms with E-state index in [-0.39, 0.29) is 0 Å². The average Bonchev–Trinajstić information content (AvgIpc) is 2.56. The van der Waals surface area contributed by atoms with Crippen LogP contribution in [0.1, 0.15) is 12.6 Å². The molecule has 0 unspecified atom stereocenters. The maximum absolute atomic E-state index is 6.20. The first-order valence-corrected chi connectivity index (χ1v) is 6.07. The zero-order valence-electron chi connectivity index (χ0n) is 9.67. The van der Waals surface area contributed by atoms with Crippen molar-refractivity contribution < 1.29 is 0 Å². The summed E-state index contributed by atoms with van der Waals surface area (Å²) >= 11 is 12.4. The summed E-state index contributed by atoms with van der Waals surface area (Å²) in [5.74, 6) is 0.580. The Balaban J connectivity index is 2.76. The van der Waals surface area contributed by atoms with E-state index in [0.29, 0.717) is 15.9 Å². The number of hydrogen-bond acceptors (Lipinski definition) is 2. The summed E-state index contributed by atoms with van der Waals surface area (Å²) in [6.45, 7) is 2.02. The molecule has 0 amide bonds. The Labute approximate surface area is 110 Å². The number of nitrogens with two attached hydrogens (primary N) is 1. The van der Waals surface area contributed by atoms with E-state index in [0.717, 1.165) is 23.2 Å². The van der Waals surface area contributed by atoms with E-state index in [2.05, 4.69) is 5.10 Å². The normalized spacial score (nSPS) is 10.8. The molecule has 1 heterocycles. The number of aromatic nitrogens is 2. The minimum absolute atomic E-state index is 0.580. The van der Waals surface area contributed by atoms with Gasteiger partial charge in [-0.25, -0.2) is 0 Å². The van der Waals surface area contributed by atoms with Gasteiger partial charge in [-0.05, 0) is 18.6 Å². The van der Waals surface area contributed by atoms with Crippen molar-refractivity contribution in [1.82, 2.24) is 9.78 Å². The summed E-state index contributed by atoms with van der Waals surface area (Å²) in [7, 11) is 1.81. The number of halogens is 2. The van der Waals surface area contributed by atoms with Gasteiger partial charge in [0.2, 0.25) is 0 Å². The van der Waals surface area contributed by atoms with Gasteiger partial charge in [0.15, 0.2) is 0 Å². The third-order valence-corrected chi connectivity index (χ3v) is 3.34. The van der Waals surface area contributed by atoms with E-state index in [4.69, 9.17) is 28.9 Å². The molecule has 2 aromatic rings. The summed E-state index contributed by atoms with van der Waals surface area (Å²) in [4.78, 5) is 0. The molecule has 5 heteroatoms. The quantitative estimate of drug-likeness (QED) is 0.907. The maximum Gasteiger partial charge on any atom is 0.129 e. The van der Waals surface area contributed by atoms with Crippen LogP contribution in [-0.2, 0) is 13.5 Å². The number of rotatable bonds is 2. The Bertz CT molecular complexity index is 541. The Morgan fingerprint density at radius 2 is 1.82 bits per heavy atom.